The van der Waals surface area contributed by atoms with Crippen LogP contribution in [-0.2, 0) is 19.1 Å². The fourth-order valence-electron chi connectivity index (χ4n) is 5.29. The summed E-state index contributed by atoms with van der Waals surface area (Å²) < 4.78 is 10.5. The average molecular weight is 583 g/mol. The Morgan fingerprint density at radius 3 is 1.37 bits per heavy atom. The molecular formula is C36H70O5. The van der Waals surface area contributed by atoms with E-state index in [1.807, 2.05) is 0 Å². The Bertz CT molecular complexity index is 564. The van der Waals surface area contributed by atoms with E-state index in [9.17, 15) is 14.7 Å². The minimum Gasteiger partial charge on any atom is -0.462 e. The number of ether oxygens (including phenoxy) is 2. The second-order valence-corrected chi connectivity index (χ2v) is 12.6. The third-order valence-corrected chi connectivity index (χ3v) is 8.44. The van der Waals surface area contributed by atoms with Gasteiger partial charge in [-0.05, 0) is 18.8 Å². The quantitative estimate of drug-likeness (QED) is 0.0631. The van der Waals surface area contributed by atoms with Crippen molar-refractivity contribution in [2.24, 2.45) is 5.92 Å². The second-order valence-electron chi connectivity index (χ2n) is 12.6. The van der Waals surface area contributed by atoms with E-state index >= 15 is 0 Å². The van der Waals surface area contributed by atoms with E-state index in [-0.39, 0.29) is 25.2 Å². The third kappa shape index (κ3) is 30.2. The molecular weight excluding hydrogens is 512 g/mol. The summed E-state index contributed by atoms with van der Waals surface area (Å²) in [5.74, 6) is 0.321. The topological polar surface area (TPSA) is 72.8 Å². The van der Waals surface area contributed by atoms with E-state index in [0.29, 0.717) is 12.8 Å². The number of aliphatic hydroxyl groups excluding tert-OH is 1. The molecule has 0 spiro atoms. The number of carbonyl (C=O) groups excluding carboxylic acids is 2. The number of hydrogen-bond acceptors (Lipinski definition) is 5. The van der Waals surface area contributed by atoms with Crippen LogP contribution in [-0.4, -0.2) is 36.4 Å². The van der Waals surface area contributed by atoms with Crippen molar-refractivity contribution in [2.75, 3.05) is 13.2 Å². The van der Waals surface area contributed by atoms with Crippen LogP contribution in [0.15, 0.2) is 0 Å². The Balaban J connectivity index is 3.39. The first-order chi connectivity index (χ1) is 20.0. The van der Waals surface area contributed by atoms with E-state index < -0.39 is 6.10 Å². The zero-order valence-electron chi connectivity index (χ0n) is 27.7. The highest BCUT2D eigenvalue weighted by Crippen LogP contribution is 2.17. The molecule has 244 valence electrons. The van der Waals surface area contributed by atoms with Crippen LogP contribution in [0.1, 0.15) is 194 Å². The lowest BCUT2D eigenvalue weighted by molar-refractivity contribution is -0.161. The first-order valence-electron chi connectivity index (χ1n) is 18.0. The standard InChI is InChI=1S/C36H70O5/c1-4-6-7-22-27-30-36(39)41-34(31-37)32-40-35(38)29-26-24-21-19-17-15-13-11-9-8-10-12-14-16-18-20-23-25-28-33(3)5-2/h33-34,37H,4-32H2,1-3H3/t33?,34-/m0/s1. The highest BCUT2D eigenvalue weighted by molar-refractivity contribution is 5.70. The molecule has 0 saturated carbocycles. The van der Waals surface area contributed by atoms with Gasteiger partial charge in [0.25, 0.3) is 0 Å². The molecule has 5 nitrogen and oxygen atoms in total. The number of aliphatic hydroxyl groups is 1. The Hall–Kier alpha value is -1.10. The maximum Gasteiger partial charge on any atom is 0.306 e. The molecule has 0 aromatic carbocycles. The van der Waals surface area contributed by atoms with Crippen LogP contribution in [0.5, 0.6) is 0 Å². The molecule has 2 atom stereocenters. The van der Waals surface area contributed by atoms with Gasteiger partial charge < -0.3 is 14.6 Å². The molecule has 0 bridgehead atoms. The first-order valence-corrected chi connectivity index (χ1v) is 18.0. The van der Waals surface area contributed by atoms with Crippen molar-refractivity contribution in [2.45, 2.75) is 200 Å². The molecule has 41 heavy (non-hydrogen) atoms. The number of carbonyl (C=O) groups is 2. The van der Waals surface area contributed by atoms with E-state index in [4.69, 9.17) is 9.47 Å². The summed E-state index contributed by atoms with van der Waals surface area (Å²) in [7, 11) is 0. The zero-order chi connectivity index (χ0) is 30.2. The molecule has 5 heteroatoms. The van der Waals surface area contributed by atoms with Crippen molar-refractivity contribution in [3.05, 3.63) is 0 Å². The molecule has 0 fully saturated rings. The van der Waals surface area contributed by atoms with Gasteiger partial charge in [-0.3, -0.25) is 9.59 Å². The third-order valence-electron chi connectivity index (χ3n) is 8.44. The summed E-state index contributed by atoms with van der Waals surface area (Å²) in [6, 6.07) is 0. The second kappa shape index (κ2) is 31.8. The molecule has 0 aliphatic carbocycles. The predicted octanol–water partition coefficient (Wildman–Crippen LogP) is 10.6. The normalized spacial score (nSPS) is 12.8. The number of esters is 2. The average Bonchev–Trinajstić information content (AvgIpc) is 2.97. The van der Waals surface area contributed by atoms with Gasteiger partial charge >= 0.3 is 11.9 Å². The Morgan fingerprint density at radius 1 is 0.561 bits per heavy atom. The molecule has 0 rings (SSSR count). The Morgan fingerprint density at radius 2 is 0.951 bits per heavy atom. The summed E-state index contributed by atoms with van der Waals surface area (Å²) in [4.78, 5) is 23.9. The van der Waals surface area contributed by atoms with Crippen LogP contribution in [0.4, 0.5) is 0 Å². The summed E-state index contributed by atoms with van der Waals surface area (Å²) in [6.07, 6.45) is 32.0. The van der Waals surface area contributed by atoms with Crippen LogP contribution < -0.4 is 0 Å². The lowest BCUT2D eigenvalue weighted by atomic mass is 9.99. The van der Waals surface area contributed by atoms with Crippen molar-refractivity contribution < 1.29 is 24.2 Å². The largest absolute Gasteiger partial charge is 0.462 e. The smallest absolute Gasteiger partial charge is 0.306 e. The van der Waals surface area contributed by atoms with Crippen LogP contribution in [0, 0.1) is 5.92 Å². The van der Waals surface area contributed by atoms with Gasteiger partial charge in [0.15, 0.2) is 6.10 Å². The molecule has 0 saturated heterocycles. The van der Waals surface area contributed by atoms with Gasteiger partial charge in [0, 0.05) is 12.8 Å². The van der Waals surface area contributed by atoms with E-state index in [2.05, 4.69) is 20.8 Å². The lowest BCUT2D eigenvalue weighted by Crippen LogP contribution is -2.28. The minimum absolute atomic E-state index is 0.0599. The maximum absolute atomic E-state index is 12.0. The summed E-state index contributed by atoms with van der Waals surface area (Å²) in [5.41, 5.74) is 0. The van der Waals surface area contributed by atoms with Gasteiger partial charge in [0.2, 0.25) is 0 Å². The lowest BCUT2D eigenvalue weighted by Gasteiger charge is -2.15. The molecule has 0 aromatic rings. The van der Waals surface area contributed by atoms with Crippen LogP contribution in [0.2, 0.25) is 0 Å². The zero-order valence-corrected chi connectivity index (χ0v) is 27.7. The Labute approximate surface area is 255 Å². The van der Waals surface area contributed by atoms with Crippen molar-refractivity contribution in [1.82, 2.24) is 0 Å². The van der Waals surface area contributed by atoms with Gasteiger partial charge in [-0.25, -0.2) is 0 Å². The van der Waals surface area contributed by atoms with Crippen molar-refractivity contribution >= 4 is 11.9 Å². The monoisotopic (exact) mass is 583 g/mol. The molecule has 0 aromatic heterocycles. The number of rotatable bonds is 32. The van der Waals surface area contributed by atoms with Gasteiger partial charge in [-0.2, -0.15) is 0 Å². The maximum atomic E-state index is 12.0. The molecule has 0 radical (unpaired) electrons. The summed E-state index contributed by atoms with van der Waals surface area (Å²) in [5, 5.41) is 9.42. The predicted molar refractivity (Wildman–Crippen MR) is 173 cm³/mol. The molecule has 0 heterocycles. The van der Waals surface area contributed by atoms with Gasteiger partial charge in [-0.15, -0.1) is 0 Å². The van der Waals surface area contributed by atoms with Crippen LogP contribution in [0.3, 0.4) is 0 Å². The highest BCUT2D eigenvalue weighted by atomic mass is 16.6. The van der Waals surface area contributed by atoms with Crippen molar-refractivity contribution in [1.29, 1.82) is 0 Å². The van der Waals surface area contributed by atoms with Crippen LogP contribution in [0.25, 0.3) is 0 Å². The van der Waals surface area contributed by atoms with Crippen molar-refractivity contribution in [3.8, 4) is 0 Å². The van der Waals surface area contributed by atoms with Gasteiger partial charge in [0.1, 0.15) is 6.61 Å². The summed E-state index contributed by atoms with van der Waals surface area (Å²) in [6.45, 7) is 6.45. The van der Waals surface area contributed by atoms with Crippen LogP contribution >= 0.6 is 0 Å². The van der Waals surface area contributed by atoms with Gasteiger partial charge in [-0.1, -0.05) is 168 Å². The SMILES string of the molecule is CCCCCCCC(=O)O[C@@H](CO)COC(=O)CCCCCCCCCCCCCCCCCCCCC(C)CC. The minimum atomic E-state index is -0.758. The van der Waals surface area contributed by atoms with E-state index in [1.54, 1.807) is 0 Å². The Kier molecular flexibility index (Phi) is 31.0. The molecule has 0 aliphatic heterocycles. The molecule has 1 unspecified atom stereocenters. The molecule has 0 aliphatic rings. The fraction of sp³-hybridized carbons (Fsp3) is 0.944. The molecule has 0 amide bonds. The first kappa shape index (κ1) is 39.9. The van der Waals surface area contributed by atoms with E-state index in [1.165, 1.54) is 128 Å². The number of hydrogen-bond donors (Lipinski definition) is 1. The fourth-order valence-corrected chi connectivity index (χ4v) is 5.29. The number of unbranched alkanes of at least 4 members (excludes halogenated alkanes) is 21. The van der Waals surface area contributed by atoms with Crippen molar-refractivity contribution in [3.63, 3.8) is 0 Å². The summed E-state index contributed by atoms with van der Waals surface area (Å²) >= 11 is 0. The van der Waals surface area contributed by atoms with E-state index in [0.717, 1.165) is 38.0 Å². The highest BCUT2D eigenvalue weighted by Gasteiger charge is 2.16. The molecule has 1 N–H and O–H groups in total. The van der Waals surface area contributed by atoms with Gasteiger partial charge in [0.05, 0.1) is 6.61 Å².